The third-order valence-corrected chi connectivity index (χ3v) is 5.60. The maximum Gasteiger partial charge on any atom is 0.203 e. The zero-order valence-electron chi connectivity index (χ0n) is 18.5. The van der Waals surface area contributed by atoms with E-state index in [2.05, 4.69) is 69.5 Å². The van der Waals surface area contributed by atoms with Gasteiger partial charge in [-0.3, -0.25) is 0 Å². The van der Waals surface area contributed by atoms with Crippen molar-refractivity contribution in [3.63, 3.8) is 0 Å². The fraction of sp³-hybridized carbons (Fsp3) is 0.0690. The molecule has 0 radical (unpaired) electrons. The molecule has 4 nitrogen and oxygen atoms in total. The maximum atomic E-state index is 5.95. The van der Waals surface area contributed by atoms with Crippen LogP contribution in [0.1, 0.15) is 5.56 Å². The number of benzene rings is 4. The van der Waals surface area contributed by atoms with Gasteiger partial charge in [-0.05, 0) is 46.5 Å². The molecule has 0 unspecified atom stereocenters. The van der Waals surface area contributed by atoms with Gasteiger partial charge in [0.25, 0.3) is 0 Å². The Morgan fingerprint density at radius 1 is 0.697 bits per heavy atom. The summed E-state index contributed by atoms with van der Waals surface area (Å²) in [5, 5.41) is 3.44. The van der Waals surface area contributed by atoms with E-state index >= 15 is 0 Å². The number of hydrogen-bond acceptors (Lipinski definition) is 3. The molecule has 5 rings (SSSR count). The molecule has 1 N–H and O–H groups in total. The van der Waals surface area contributed by atoms with Crippen LogP contribution in [-0.4, -0.2) is 9.55 Å². The SMILES string of the molecule is Cn1c(-c2ccc(-c3ccccc3)cc2)cnc1NCc1cccc(Oc2ccccc2)c1. The summed E-state index contributed by atoms with van der Waals surface area (Å²) in [5.74, 6) is 2.47. The highest BCUT2D eigenvalue weighted by Crippen LogP contribution is 2.27. The number of aromatic nitrogens is 2. The van der Waals surface area contributed by atoms with Crippen LogP contribution in [-0.2, 0) is 13.6 Å². The summed E-state index contributed by atoms with van der Waals surface area (Å²) in [4.78, 5) is 4.60. The van der Waals surface area contributed by atoms with E-state index in [4.69, 9.17) is 4.74 Å². The molecular weight excluding hydrogens is 406 g/mol. The standard InChI is InChI=1S/C29H25N3O/c1-32-28(25-17-15-24(16-18-25)23-10-4-2-5-11-23)21-31-29(32)30-20-22-9-8-14-27(19-22)33-26-12-6-3-7-13-26/h2-19,21H,20H2,1H3,(H,30,31). The topological polar surface area (TPSA) is 39.1 Å². The molecular formula is C29H25N3O. The number of rotatable bonds is 7. The van der Waals surface area contributed by atoms with Gasteiger partial charge in [0.05, 0.1) is 11.9 Å². The third-order valence-electron chi connectivity index (χ3n) is 5.60. The van der Waals surface area contributed by atoms with E-state index in [9.17, 15) is 0 Å². The van der Waals surface area contributed by atoms with Crippen molar-refractivity contribution in [3.05, 3.63) is 121 Å². The lowest BCUT2D eigenvalue weighted by molar-refractivity contribution is 0.482. The fourth-order valence-electron chi connectivity index (χ4n) is 3.83. The van der Waals surface area contributed by atoms with Crippen LogP contribution in [0.5, 0.6) is 11.5 Å². The van der Waals surface area contributed by atoms with Gasteiger partial charge >= 0.3 is 0 Å². The Hall–Kier alpha value is -4.31. The molecule has 4 heteroatoms. The van der Waals surface area contributed by atoms with Gasteiger partial charge in [-0.1, -0.05) is 84.9 Å². The number of nitrogens with one attached hydrogen (secondary N) is 1. The molecule has 162 valence electrons. The Bertz CT molecular complexity index is 1330. The number of anilines is 1. The molecule has 1 aromatic heterocycles. The highest BCUT2D eigenvalue weighted by Gasteiger charge is 2.09. The second-order valence-corrected chi connectivity index (χ2v) is 7.89. The third kappa shape index (κ3) is 4.80. The highest BCUT2D eigenvalue weighted by molar-refractivity contribution is 5.69. The lowest BCUT2D eigenvalue weighted by Crippen LogP contribution is -2.05. The second kappa shape index (κ2) is 9.45. The van der Waals surface area contributed by atoms with Gasteiger partial charge in [0.1, 0.15) is 11.5 Å². The summed E-state index contributed by atoms with van der Waals surface area (Å²) in [6, 6.07) is 36.9. The van der Waals surface area contributed by atoms with Gasteiger partial charge in [0, 0.05) is 13.6 Å². The highest BCUT2D eigenvalue weighted by atomic mass is 16.5. The molecule has 0 amide bonds. The first-order valence-electron chi connectivity index (χ1n) is 11.0. The Morgan fingerprint density at radius 3 is 2.09 bits per heavy atom. The van der Waals surface area contributed by atoms with Crippen molar-refractivity contribution in [2.75, 3.05) is 5.32 Å². The molecule has 5 aromatic rings. The van der Waals surface area contributed by atoms with Crippen LogP contribution in [0.25, 0.3) is 22.4 Å². The van der Waals surface area contributed by atoms with E-state index in [1.807, 2.05) is 67.8 Å². The molecule has 0 fully saturated rings. The Morgan fingerprint density at radius 2 is 1.33 bits per heavy atom. The first-order chi connectivity index (χ1) is 16.3. The number of nitrogens with zero attached hydrogens (tertiary/aromatic N) is 2. The molecule has 0 aliphatic heterocycles. The predicted molar refractivity (Wildman–Crippen MR) is 134 cm³/mol. The van der Waals surface area contributed by atoms with Gasteiger partial charge in [-0.2, -0.15) is 0 Å². The summed E-state index contributed by atoms with van der Waals surface area (Å²) in [6.07, 6.45) is 1.91. The molecule has 0 spiro atoms. The summed E-state index contributed by atoms with van der Waals surface area (Å²) in [6.45, 7) is 0.656. The van der Waals surface area contributed by atoms with Crippen molar-refractivity contribution < 1.29 is 4.74 Å². The van der Waals surface area contributed by atoms with E-state index in [1.165, 1.54) is 11.1 Å². The first kappa shape index (κ1) is 20.6. The monoisotopic (exact) mass is 431 g/mol. The molecule has 0 saturated carbocycles. The maximum absolute atomic E-state index is 5.95. The van der Waals surface area contributed by atoms with Crippen molar-refractivity contribution in [3.8, 4) is 33.9 Å². The summed E-state index contributed by atoms with van der Waals surface area (Å²) >= 11 is 0. The van der Waals surface area contributed by atoms with E-state index in [0.717, 1.165) is 34.3 Å². The van der Waals surface area contributed by atoms with Gasteiger partial charge in [-0.15, -0.1) is 0 Å². The van der Waals surface area contributed by atoms with Gasteiger partial charge < -0.3 is 14.6 Å². The van der Waals surface area contributed by atoms with Gasteiger partial charge in [-0.25, -0.2) is 4.98 Å². The molecule has 0 aliphatic carbocycles. The van der Waals surface area contributed by atoms with Gasteiger partial charge in [0.15, 0.2) is 0 Å². The van der Waals surface area contributed by atoms with Crippen molar-refractivity contribution in [1.82, 2.24) is 9.55 Å². The molecule has 0 saturated heterocycles. The van der Waals surface area contributed by atoms with E-state index in [-0.39, 0.29) is 0 Å². The molecule has 0 atom stereocenters. The van der Waals surface area contributed by atoms with Crippen LogP contribution in [0.3, 0.4) is 0 Å². The average Bonchev–Trinajstić information content (AvgIpc) is 3.24. The van der Waals surface area contributed by atoms with E-state index in [0.29, 0.717) is 6.54 Å². The Labute approximate surface area is 194 Å². The Kier molecular flexibility index (Phi) is 5.89. The van der Waals surface area contributed by atoms with Crippen molar-refractivity contribution in [2.45, 2.75) is 6.54 Å². The minimum atomic E-state index is 0.656. The van der Waals surface area contributed by atoms with E-state index in [1.54, 1.807) is 0 Å². The summed E-state index contributed by atoms with van der Waals surface area (Å²) < 4.78 is 8.03. The summed E-state index contributed by atoms with van der Waals surface area (Å²) in [7, 11) is 2.03. The number of hydrogen-bond donors (Lipinski definition) is 1. The van der Waals surface area contributed by atoms with Crippen LogP contribution < -0.4 is 10.1 Å². The zero-order chi connectivity index (χ0) is 22.5. The number of para-hydroxylation sites is 1. The molecule has 0 bridgehead atoms. The summed E-state index contributed by atoms with van der Waals surface area (Å²) in [5.41, 5.74) is 5.75. The normalized spacial score (nSPS) is 10.7. The van der Waals surface area contributed by atoms with Crippen molar-refractivity contribution in [1.29, 1.82) is 0 Å². The number of imidazole rings is 1. The fourth-order valence-corrected chi connectivity index (χ4v) is 3.83. The molecule has 33 heavy (non-hydrogen) atoms. The molecule has 4 aromatic carbocycles. The smallest absolute Gasteiger partial charge is 0.203 e. The predicted octanol–water partition coefficient (Wildman–Crippen LogP) is 7.16. The number of ether oxygens (including phenoxy) is 1. The quantitative estimate of drug-likeness (QED) is 0.297. The van der Waals surface area contributed by atoms with Crippen LogP contribution >= 0.6 is 0 Å². The molecule has 1 heterocycles. The van der Waals surface area contributed by atoms with Crippen LogP contribution in [0.2, 0.25) is 0 Å². The lowest BCUT2D eigenvalue weighted by atomic mass is 10.0. The van der Waals surface area contributed by atoms with Crippen LogP contribution in [0.4, 0.5) is 5.95 Å². The van der Waals surface area contributed by atoms with Crippen molar-refractivity contribution in [2.24, 2.45) is 7.05 Å². The minimum Gasteiger partial charge on any atom is -0.457 e. The van der Waals surface area contributed by atoms with Crippen LogP contribution in [0.15, 0.2) is 115 Å². The van der Waals surface area contributed by atoms with Crippen LogP contribution in [0, 0.1) is 0 Å². The molecule has 0 aliphatic rings. The second-order valence-electron chi connectivity index (χ2n) is 7.89. The zero-order valence-corrected chi connectivity index (χ0v) is 18.5. The van der Waals surface area contributed by atoms with Crippen molar-refractivity contribution >= 4 is 5.95 Å². The van der Waals surface area contributed by atoms with E-state index < -0.39 is 0 Å². The average molecular weight is 432 g/mol. The lowest BCUT2D eigenvalue weighted by Gasteiger charge is -2.11. The largest absolute Gasteiger partial charge is 0.457 e. The Balaban J connectivity index is 1.27. The first-order valence-corrected chi connectivity index (χ1v) is 11.0. The minimum absolute atomic E-state index is 0.656. The van der Waals surface area contributed by atoms with Gasteiger partial charge in [0.2, 0.25) is 5.95 Å².